The summed E-state index contributed by atoms with van der Waals surface area (Å²) in [6.07, 6.45) is 4.22. The highest BCUT2D eigenvalue weighted by molar-refractivity contribution is 6.33. The molecule has 0 radical (unpaired) electrons. The van der Waals surface area contributed by atoms with Gasteiger partial charge in [-0.1, -0.05) is 30.1 Å². The van der Waals surface area contributed by atoms with E-state index in [0.717, 1.165) is 32.4 Å². The minimum Gasteiger partial charge on any atom is -0.380 e. The van der Waals surface area contributed by atoms with Crippen LogP contribution >= 0.6 is 23.2 Å². The summed E-state index contributed by atoms with van der Waals surface area (Å²) in [5.74, 6) is 0.0660. The fourth-order valence-corrected chi connectivity index (χ4v) is 3.59. The van der Waals surface area contributed by atoms with E-state index in [1.54, 1.807) is 30.5 Å². The average Bonchev–Trinajstić information content (AvgIpc) is 2.72. The SMILES string of the molecule is CCCNC(=O)CN1CCC(Nc2cnn(-c3ccc(Cl)cc3)c(=O)c2Cl)CC1. The molecule has 29 heavy (non-hydrogen) atoms. The van der Waals surface area contributed by atoms with Crippen LogP contribution < -0.4 is 16.2 Å². The zero-order valence-corrected chi connectivity index (χ0v) is 17.8. The Labute approximate surface area is 180 Å². The number of halogens is 2. The normalized spacial score (nSPS) is 15.3. The molecule has 1 aromatic heterocycles. The third-order valence-electron chi connectivity index (χ3n) is 4.88. The van der Waals surface area contributed by atoms with Crippen LogP contribution in [-0.2, 0) is 4.79 Å². The Kier molecular flexibility index (Phi) is 7.52. The first-order valence-corrected chi connectivity index (χ1v) is 10.5. The summed E-state index contributed by atoms with van der Waals surface area (Å²) in [6.45, 7) is 4.79. The van der Waals surface area contributed by atoms with E-state index in [-0.39, 0.29) is 22.5 Å². The Morgan fingerprint density at radius 1 is 1.21 bits per heavy atom. The van der Waals surface area contributed by atoms with Gasteiger partial charge in [-0.05, 0) is 43.5 Å². The molecule has 0 bridgehead atoms. The van der Waals surface area contributed by atoms with Gasteiger partial charge in [0.2, 0.25) is 5.91 Å². The Bertz CT molecular complexity index is 893. The van der Waals surface area contributed by atoms with Crippen molar-refractivity contribution in [3.8, 4) is 5.69 Å². The topological polar surface area (TPSA) is 79.3 Å². The standard InChI is InChI=1S/C20H25Cl2N5O2/c1-2-9-23-18(28)13-26-10-7-15(8-11-26)25-17-12-24-27(20(29)19(17)22)16-5-3-14(21)4-6-16/h3-6,12,15,25H,2,7-11,13H2,1H3,(H,23,28). The second-order valence-electron chi connectivity index (χ2n) is 7.11. The Morgan fingerprint density at radius 2 is 1.90 bits per heavy atom. The Balaban J connectivity index is 1.59. The van der Waals surface area contributed by atoms with Crippen LogP contribution in [0.25, 0.3) is 5.69 Å². The van der Waals surface area contributed by atoms with Gasteiger partial charge in [0.25, 0.3) is 5.56 Å². The summed E-state index contributed by atoms with van der Waals surface area (Å²) in [7, 11) is 0. The fraction of sp³-hybridized carbons (Fsp3) is 0.450. The Hall–Kier alpha value is -2.09. The minimum atomic E-state index is -0.385. The second kappa shape index (κ2) is 10.1. The van der Waals surface area contributed by atoms with Gasteiger partial charge in [-0.2, -0.15) is 9.78 Å². The monoisotopic (exact) mass is 437 g/mol. The van der Waals surface area contributed by atoms with E-state index in [4.69, 9.17) is 23.2 Å². The molecule has 0 aliphatic carbocycles. The third kappa shape index (κ3) is 5.72. The predicted octanol–water partition coefficient (Wildman–Crippen LogP) is 2.94. The maximum absolute atomic E-state index is 12.6. The number of hydrogen-bond acceptors (Lipinski definition) is 5. The highest BCUT2D eigenvalue weighted by Gasteiger charge is 2.22. The second-order valence-corrected chi connectivity index (χ2v) is 7.92. The molecule has 1 aliphatic heterocycles. The smallest absolute Gasteiger partial charge is 0.292 e. The maximum Gasteiger partial charge on any atom is 0.292 e. The third-order valence-corrected chi connectivity index (χ3v) is 5.49. The molecule has 0 spiro atoms. The molecule has 3 rings (SSSR count). The molecule has 2 aromatic rings. The van der Waals surface area contributed by atoms with Gasteiger partial charge in [0, 0.05) is 30.7 Å². The highest BCUT2D eigenvalue weighted by Crippen LogP contribution is 2.21. The molecule has 1 saturated heterocycles. The quantitative estimate of drug-likeness (QED) is 0.695. The molecule has 2 N–H and O–H groups in total. The van der Waals surface area contributed by atoms with Crippen LogP contribution in [0.5, 0.6) is 0 Å². The lowest BCUT2D eigenvalue weighted by Gasteiger charge is -2.32. The van der Waals surface area contributed by atoms with Crippen molar-refractivity contribution in [1.82, 2.24) is 20.0 Å². The van der Waals surface area contributed by atoms with E-state index < -0.39 is 0 Å². The van der Waals surface area contributed by atoms with Gasteiger partial charge in [0.15, 0.2) is 0 Å². The molecule has 1 fully saturated rings. The lowest BCUT2D eigenvalue weighted by atomic mass is 10.0. The van der Waals surface area contributed by atoms with E-state index in [0.29, 0.717) is 29.5 Å². The number of nitrogens with zero attached hydrogens (tertiary/aromatic N) is 3. The van der Waals surface area contributed by atoms with Crippen molar-refractivity contribution in [3.63, 3.8) is 0 Å². The first-order valence-electron chi connectivity index (χ1n) is 9.77. The minimum absolute atomic E-state index is 0.0660. The van der Waals surface area contributed by atoms with Crippen molar-refractivity contribution in [3.05, 3.63) is 50.9 Å². The number of likely N-dealkylation sites (tertiary alicyclic amines) is 1. The largest absolute Gasteiger partial charge is 0.380 e. The van der Waals surface area contributed by atoms with Crippen molar-refractivity contribution in [2.75, 3.05) is 31.5 Å². The summed E-state index contributed by atoms with van der Waals surface area (Å²) in [5.41, 5.74) is 0.743. The van der Waals surface area contributed by atoms with Gasteiger partial charge in [0.1, 0.15) is 5.02 Å². The van der Waals surface area contributed by atoms with E-state index in [9.17, 15) is 9.59 Å². The van der Waals surface area contributed by atoms with Crippen LogP contribution in [0.3, 0.4) is 0 Å². The van der Waals surface area contributed by atoms with E-state index in [1.165, 1.54) is 4.68 Å². The number of aromatic nitrogens is 2. The van der Waals surface area contributed by atoms with Gasteiger partial charge in [-0.3, -0.25) is 14.5 Å². The molecule has 0 atom stereocenters. The summed E-state index contributed by atoms with van der Waals surface area (Å²) < 4.78 is 1.25. The maximum atomic E-state index is 12.6. The summed E-state index contributed by atoms with van der Waals surface area (Å²) in [4.78, 5) is 26.6. The Morgan fingerprint density at radius 3 is 2.55 bits per heavy atom. The van der Waals surface area contributed by atoms with Crippen molar-refractivity contribution >= 4 is 34.8 Å². The van der Waals surface area contributed by atoms with Gasteiger partial charge < -0.3 is 10.6 Å². The molecular formula is C20H25Cl2N5O2. The van der Waals surface area contributed by atoms with E-state index in [1.807, 2.05) is 6.92 Å². The molecule has 7 nitrogen and oxygen atoms in total. The van der Waals surface area contributed by atoms with Crippen molar-refractivity contribution in [2.24, 2.45) is 0 Å². The van der Waals surface area contributed by atoms with E-state index in [2.05, 4.69) is 20.6 Å². The van der Waals surface area contributed by atoms with E-state index >= 15 is 0 Å². The number of carbonyl (C=O) groups excluding carboxylic acids is 1. The van der Waals surface area contributed by atoms with Crippen molar-refractivity contribution in [2.45, 2.75) is 32.2 Å². The predicted molar refractivity (Wildman–Crippen MR) is 116 cm³/mol. The summed E-state index contributed by atoms with van der Waals surface area (Å²) in [5, 5.41) is 11.2. The molecule has 0 saturated carbocycles. The highest BCUT2D eigenvalue weighted by atomic mass is 35.5. The molecule has 1 aromatic carbocycles. The van der Waals surface area contributed by atoms with Crippen LogP contribution in [0.4, 0.5) is 5.69 Å². The van der Waals surface area contributed by atoms with Gasteiger partial charge in [-0.25, -0.2) is 0 Å². The molecule has 1 amide bonds. The number of rotatable bonds is 7. The number of anilines is 1. The lowest BCUT2D eigenvalue weighted by Crippen LogP contribution is -2.44. The van der Waals surface area contributed by atoms with Gasteiger partial charge in [-0.15, -0.1) is 0 Å². The van der Waals surface area contributed by atoms with Crippen molar-refractivity contribution in [1.29, 1.82) is 0 Å². The number of hydrogen-bond donors (Lipinski definition) is 2. The fourth-order valence-electron chi connectivity index (χ4n) is 3.28. The number of benzene rings is 1. The van der Waals surface area contributed by atoms with Gasteiger partial charge >= 0.3 is 0 Å². The molecule has 2 heterocycles. The zero-order chi connectivity index (χ0) is 20.8. The molecule has 9 heteroatoms. The molecule has 156 valence electrons. The summed E-state index contributed by atoms with van der Waals surface area (Å²) >= 11 is 12.2. The van der Waals surface area contributed by atoms with Crippen LogP contribution in [0.15, 0.2) is 35.3 Å². The molecular weight excluding hydrogens is 413 g/mol. The first kappa shape index (κ1) is 21.6. The van der Waals surface area contributed by atoms with Gasteiger partial charge in [0.05, 0.1) is 24.1 Å². The molecule has 0 unspecified atom stereocenters. The van der Waals surface area contributed by atoms with Crippen molar-refractivity contribution < 1.29 is 4.79 Å². The number of amides is 1. The molecule has 1 aliphatic rings. The summed E-state index contributed by atoms with van der Waals surface area (Å²) in [6, 6.07) is 7.00. The lowest BCUT2D eigenvalue weighted by molar-refractivity contribution is -0.122. The van der Waals surface area contributed by atoms with Crippen LogP contribution in [-0.4, -0.2) is 52.8 Å². The van der Waals surface area contributed by atoms with Crippen LogP contribution in [0.2, 0.25) is 10.0 Å². The van der Waals surface area contributed by atoms with Crippen LogP contribution in [0.1, 0.15) is 26.2 Å². The number of piperidine rings is 1. The average molecular weight is 438 g/mol. The first-order chi connectivity index (χ1) is 14.0. The number of carbonyl (C=O) groups is 1. The zero-order valence-electron chi connectivity index (χ0n) is 16.3. The number of nitrogens with one attached hydrogen (secondary N) is 2. The van der Waals surface area contributed by atoms with Crippen LogP contribution in [0, 0.1) is 0 Å².